The third kappa shape index (κ3) is 3.62. The van der Waals surface area contributed by atoms with Crippen LogP contribution < -0.4 is 10.9 Å². The molecule has 0 aliphatic heterocycles. The van der Waals surface area contributed by atoms with Crippen molar-refractivity contribution in [1.82, 2.24) is 10.3 Å². The van der Waals surface area contributed by atoms with Gasteiger partial charge in [0.15, 0.2) is 0 Å². The zero-order chi connectivity index (χ0) is 12.8. The predicted octanol–water partition coefficient (Wildman–Crippen LogP) is 2.49. The molecule has 2 rings (SSSR count). The van der Waals surface area contributed by atoms with Gasteiger partial charge < -0.3 is 10.3 Å². The molecule has 18 heavy (non-hydrogen) atoms. The lowest BCUT2D eigenvalue weighted by Gasteiger charge is -2.26. The monoisotopic (exact) mass is 266 g/mol. The van der Waals surface area contributed by atoms with Gasteiger partial charge in [0.1, 0.15) is 0 Å². The molecule has 1 aromatic rings. The Morgan fingerprint density at radius 3 is 3.22 bits per heavy atom. The molecule has 0 bridgehead atoms. The Kier molecular flexibility index (Phi) is 5.32. The fourth-order valence-electron chi connectivity index (χ4n) is 2.51. The Balaban J connectivity index is 1.89. The normalized spacial score (nSPS) is 18.6. The molecule has 4 heteroatoms. The van der Waals surface area contributed by atoms with Crippen LogP contribution in [0.2, 0.25) is 0 Å². The summed E-state index contributed by atoms with van der Waals surface area (Å²) in [4.78, 5) is 14.3. The number of fused-ring (bicyclic) bond motifs is 1. The van der Waals surface area contributed by atoms with E-state index >= 15 is 0 Å². The quantitative estimate of drug-likeness (QED) is 0.778. The number of hydrogen-bond acceptors (Lipinski definition) is 3. The molecule has 2 N–H and O–H groups in total. The Morgan fingerprint density at radius 1 is 1.50 bits per heavy atom. The second-order valence-corrected chi connectivity index (χ2v) is 6.10. The second kappa shape index (κ2) is 7.00. The molecule has 0 aromatic carbocycles. The van der Waals surface area contributed by atoms with Crippen LogP contribution >= 0.6 is 11.8 Å². The molecule has 1 aliphatic rings. The van der Waals surface area contributed by atoms with Crippen LogP contribution in [-0.4, -0.2) is 23.0 Å². The molecule has 100 valence electrons. The summed E-state index contributed by atoms with van der Waals surface area (Å²) in [6.07, 6.45) is 4.57. The predicted molar refractivity (Wildman–Crippen MR) is 78.4 cm³/mol. The second-order valence-electron chi connectivity index (χ2n) is 4.71. The number of H-pyrrole nitrogens is 1. The lowest BCUT2D eigenvalue weighted by atomic mass is 9.91. The van der Waals surface area contributed by atoms with Crippen LogP contribution in [0.25, 0.3) is 0 Å². The summed E-state index contributed by atoms with van der Waals surface area (Å²) in [5, 5.41) is 3.62. The third-order valence-electron chi connectivity index (χ3n) is 3.39. The highest BCUT2D eigenvalue weighted by atomic mass is 32.2. The van der Waals surface area contributed by atoms with Crippen molar-refractivity contribution in [2.45, 2.75) is 38.6 Å². The summed E-state index contributed by atoms with van der Waals surface area (Å²) in [5.74, 6) is 2.43. The minimum absolute atomic E-state index is 0.0220. The summed E-state index contributed by atoms with van der Waals surface area (Å²) in [6, 6.07) is 4.06. The van der Waals surface area contributed by atoms with Gasteiger partial charge in [-0.05, 0) is 49.3 Å². The minimum Gasteiger partial charge on any atom is -0.326 e. The van der Waals surface area contributed by atoms with Crippen molar-refractivity contribution in [2.24, 2.45) is 0 Å². The summed E-state index contributed by atoms with van der Waals surface area (Å²) < 4.78 is 0. The molecule has 1 aromatic heterocycles. The van der Waals surface area contributed by atoms with Gasteiger partial charge in [0, 0.05) is 17.8 Å². The van der Waals surface area contributed by atoms with E-state index in [1.807, 2.05) is 17.8 Å². The molecular formula is C14H22N2OS. The average Bonchev–Trinajstić information content (AvgIpc) is 2.38. The van der Waals surface area contributed by atoms with E-state index in [1.54, 1.807) is 6.07 Å². The van der Waals surface area contributed by atoms with Crippen molar-refractivity contribution < 1.29 is 0 Å². The van der Waals surface area contributed by atoms with Gasteiger partial charge in [-0.25, -0.2) is 0 Å². The van der Waals surface area contributed by atoms with E-state index < -0.39 is 0 Å². The van der Waals surface area contributed by atoms with E-state index in [0.29, 0.717) is 6.04 Å². The van der Waals surface area contributed by atoms with Gasteiger partial charge >= 0.3 is 0 Å². The number of hydrogen-bond donors (Lipinski definition) is 2. The number of pyridine rings is 1. The van der Waals surface area contributed by atoms with E-state index in [-0.39, 0.29) is 5.56 Å². The van der Waals surface area contributed by atoms with Crippen LogP contribution in [0.3, 0.4) is 0 Å². The maximum atomic E-state index is 11.3. The van der Waals surface area contributed by atoms with Crippen molar-refractivity contribution in [3.8, 4) is 0 Å². The van der Waals surface area contributed by atoms with Gasteiger partial charge in [-0.2, -0.15) is 11.8 Å². The van der Waals surface area contributed by atoms with Gasteiger partial charge in [0.25, 0.3) is 0 Å². The first-order valence-electron chi connectivity index (χ1n) is 6.84. The van der Waals surface area contributed by atoms with Gasteiger partial charge in [-0.3, -0.25) is 4.79 Å². The maximum absolute atomic E-state index is 11.3. The summed E-state index contributed by atoms with van der Waals surface area (Å²) in [5.41, 5.74) is 2.45. The zero-order valence-corrected chi connectivity index (χ0v) is 11.8. The molecule has 0 spiro atoms. The van der Waals surface area contributed by atoms with Crippen LogP contribution in [-0.2, 0) is 6.42 Å². The van der Waals surface area contributed by atoms with Gasteiger partial charge in [0.2, 0.25) is 5.56 Å². The average molecular weight is 266 g/mol. The summed E-state index contributed by atoms with van der Waals surface area (Å²) >= 11 is 1.99. The van der Waals surface area contributed by atoms with E-state index in [4.69, 9.17) is 0 Å². The number of thioether (sulfide) groups is 1. The maximum Gasteiger partial charge on any atom is 0.248 e. The smallest absolute Gasteiger partial charge is 0.248 e. The van der Waals surface area contributed by atoms with E-state index in [9.17, 15) is 4.79 Å². The standard InChI is InChI=1S/C14H22N2OS/c1-2-18-10-4-9-15-12-5-3-6-13-11(12)7-8-14(17)16-13/h7-8,12,15H,2-6,9-10H2,1H3,(H,16,17). The molecule has 0 radical (unpaired) electrons. The molecule has 0 fully saturated rings. The lowest BCUT2D eigenvalue weighted by molar-refractivity contribution is 0.455. The largest absolute Gasteiger partial charge is 0.326 e. The molecule has 3 nitrogen and oxygen atoms in total. The van der Waals surface area contributed by atoms with E-state index in [0.717, 1.165) is 25.1 Å². The van der Waals surface area contributed by atoms with Crippen LogP contribution in [0.5, 0.6) is 0 Å². The summed E-state index contributed by atoms with van der Waals surface area (Å²) in [7, 11) is 0. The third-order valence-corrected chi connectivity index (χ3v) is 4.38. The highest BCUT2D eigenvalue weighted by Crippen LogP contribution is 2.27. The van der Waals surface area contributed by atoms with E-state index in [2.05, 4.69) is 17.2 Å². The van der Waals surface area contributed by atoms with Crippen molar-refractivity contribution in [3.05, 3.63) is 33.7 Å². The number of aryl methyl sites for hydroxylation is 1. The van der Waals surface area contributed by atoms with E-state index in [1.165, 1.54) is 29.9 Å². The van der Waals surface area contributed by atoms with Crippen molar-refractivity contribution in [1.29, 1.82) is 0 Å². The van der Waals surface area contributed by atoms with Crippen molar-refractivity contribution >= 4 is 11.8 Å². The number of rotatable bonds is 6. The van der Waals surface area contributed by atoms with Crippen molar-refractivity contribution in [2.75, 3.05) is 18.1 Å². The number of nitrogens with one attached hydrogen (secondary N) is 2. The number of aromatic amines is 1. The lowest BCUT2D eigenvalue weighted by Crippen LogP contribution is -2.28. The highest BCUT2D eigenvalue weighted by Gasteiger charge is 2.19. The first-order valence-corrected chi connectivity index (χ1v) is 8.00. The fraction of sp³-hybridized carbons (Fsp3) is 0.643. The highest BCUT2D eigenvalue weighted by molar-refractivity contribution is 7.99. The van der Waals surface area contributed by atoms with Crippen molar-refractivity contribution in [3.63, 3.8) is 0 Å². The molecule has 1 heterocycles. The minimum atomic E-state index is 0.0220. The molecular weight excluding hydrogens is 244 g/mol. The Hall–Kier alpha value is -0.740. The van der Waals surface area contributed by atoms with Gasteiger partial charge in [-0.1, -0.05) is 13.0 Å². The number of aromatic nitrogens is 1. The fourth-order valence-corrected chi connectivity index (χ4v) is 3.14. The topological polar surface area (TPSA) is 44.9 Å². The zero-order valence-electron chi connectivity index (χ0n) is 11.0. The Labute approximate surface area is 113 Å². The molecule has 1 aliphatic carbocycles. The SMILES string of the molecule is CCSCCCNC1CCCc2[nH]c(=O)ccc21. The van der Waals surface area contributed by atoms with Crippen LogP contribution in [0.1, 0.15) is 43.5 Å². The van der Waals surface area contributed by atoms with Gasteiger partial charge in [0.05, 0.1) is 0 Å². The summed E-state index contributed by atoms with van der Waals surface area (Å²) in [6.45, 7) is 3.27. The Bertz CT molecular complexity index is 430. The first-order chi connectivity index (χ1) is 8.81. The molecule has 0 amide bonds. The Morgan fingerprint density at radius 2 is 2.39 bits per heavy atom. The molecule has 1 atom stereocenters. The molecule has 1 unspecified atom stereocenters. The van der Waals surface area contributed by atoms with Crippen LogP contribution in [0.15, 0.2) is 16.9 Å². The molecule has 0 saturated heterocycles. The molecule has 0 saturated carbocycles. The first kappa shape index (κ1) is 13.7. The van der Waals surface area contributed by atoms with Crippen LogP contribution in [0.4, 0.5) is 0 Å². The van der Waals surface area contributed by atoms with Gasteiger partial charge in [-0.15, -0.1) is 0 Å². The van der Waals surface area contributed by atoms with Crippen LogP contribution in [0, 0.1) is 0 Å².